The molecule has 2 fully saturated rings. The maximum Gasteiger partial charge on any atom is 0.212 e. The highest BCUT2D eigenvalue weighted by molar-refractivity contribution is 7.89. The van der Waals surface area contributed by atoms with Crippen LogP contribution in [0.2, 0.25) is 0 Å². The molecule has 0 radical (unpaired) electrons. The first-order chi connectivity index (χ1) is 5.55. The lowest BCUT2D eigenvalue weighted by Crippen LogP contribution is -2.38. The molecule has 0 aliphatic heterocycles. The van der Waals surface area contributed by atoms with Crippen LogP contribution in [-0.2, 0) is 10.0 Å². The van der Waals surface area contributed by atoms with Gasteiger partial charge >= 0.3 is 0 Å². The summed E-state index contributed by atoms with van der Waals surface area (Å²) >= 11 is 0. The van der Waals surface area contributed by atoms with Gasteiger partial charge < -0.3 is 0 Å². The SMILES string of the molecule is NS(=O)(=O)C1CCCCC12CC2. The molecule has 0 aromatic heterocycles. The molecule has 2 aliphatic rings. The van der Waals surface area contributed by atoms with Crippen LogP contribution in [0.25, 0.3) is 0 Å². The highest BCUT2D eigenvalue weighted by Gasteiger charge is 2.54. The Morgan fingerprint density at radius 3 is 2.25 bits per heavy atom. The molecule has 70 valence electrons. The molecule has 2 N–H and O–H groups in total. The lowest BCUT2D eigenvalue weighted by molar-refractivity contribution is 0.336. The van der Waals surface area contributed by atoms with Crippen LogP contribution in [0.4, 0.5) is 0 Å². The van der Waals surface area contributed by atoms with E-state index in [-0.39, 0.29) is 10.7 Å². The van der Waals surface area contributed by atoms with Crippen LogP contribution < -0.4 is 5.14 Å². The second-order valence-corrected chi connectivity index (χ2v) is 5.93. The van der Waals surface area contributed by atoms with Gasteiger partial charge in [-0.15, -0.1) is 0 Å². The minimum Gasteiger partial charge on any atom is -0.228 e. The lowest BCUT2D eigenvalue weighted by Gasteiger charge is -2.29. The van der Waals surface area contributed by atoms with Crippen molar-refractivity contribution >= 4 is 10.0 Å². The zero-order valence-electron chi connectivity index (χ0n) is 7.12. The summed E-state index contributed by atoms with van der Waals surface area (Å²) < 4.78 is 22.4. The van der Waals surface area contributed by atoms with Crippen molar-refractivity contribution in [2.45, 2.75) is 43.8 Å². The van der Waals surface area contributed by atoms with Crippen molar-refractivity contribution < 1.29 is 8.42 Å². The van der Waals surface area contributed by atoms with Gasteiger partial charge in [-0.25, -0.2) is 13.6 Å². The van der Waals surface area contributed by atoms with Gasteiger partial charge in [-0.1, -0.05) is 12.8 Å². The van der Waals surface area contributed by atoms with Gasteiger partial charge in [-0.3, -0.25) is 0 Å². The van der Waals surface area contributed by atoms with Crippen LogP contribution in [0.5, 0.6) is 0 Å². The summed E-state index contributed by atoms with van der Waals surface area (Å²) in [5, 5.41) is 4.97. The first kappa shape index (κ1) is 8.51. The number of sulfonamides is 1. The zero-order valence-corrected chi connectivity index (χ0v) is 7.94. The van der Waals surface area contributed by atoms with Gasteiger partial charge in [0.05, 0.1) is 5.25 Å². The Balaban J connectivity index is 2.23. The van der Waals surface area contributed by atoms with Gasteiger partial charge in [-0.05, 0) is 31.1 Å². The fraction of sp³-hybridized carbons (Fsp3) is 1.00. The maximum atomic E-state index is 11.2. The summed E-state index contributed by atoms with van der Waals surface area (Å²) in [5.74, 6) is 0. The van der Waals surface area contributed by atoms with Gasteiger partial charge in [0.15, 0.2) is 0 Å². The molecule has 0 amide bonds. The fourth-order valence-electron chi connectivity index (χ4n) is 2.52. The summed E-state index contributed by atoms with van der Waals surface area (Å²) in [5.41, 5.74) is 0.117. The van der Waals surface area contributed by atoms with Gasteiger partial charge in [0.2, 0.25) is 10.0 Å². The molecule has 0 aromatic rings. The third-order valence-electron chi connectivity index (χ3n) is 3.36. The molecule has 12 heavy (non-hydrogen) atoms. The van der Waals surface area contributed by atoms with Gasteiger partial charge in [0.1, 0.15) is 0 Å². The molecule has 1 unspecified atom stereocenters. The molecule has 0 heterocycles. The normalized spacial score (nSPS) is 33.6. The summed E-state index contributed by atoms with van der Waals surface area (Å²) in [4.78, 5) is 0. The Labute approximate surface area is 73.4 Å². The Hall–Kier alpha value is -0.0900. The third kappa shape index (κ3) is 1.27. The minimum absolute atomic E-state index is 0.117. The van der Waals surface area contributed by atoms with E-state index in [0.29, 0.717) is 0 Å². The Morgan fingerprint density at radius 2 is 1.83 bits per heavy atom. The van der Waals surface area contributed by atoms with Crippen molar-refractivity contribution in [1.29, 1.82) is 0 Å². The number of hydrogen-bond acceptors (Lipinski definition) is 2. The van der Waals surface area contributed by atoms with Crippen molar-refractivity contribution in [2.24, 2.45) is 10.6 Å². The van der Waals surface area contributed by atoms with Crippen LogP contribution in [0.15, 0.2) is 0 Å². The molecule has 0 aromatic carbocycles. The topological polar surface area (TPSA) is 60.2 Å². The van der Waals surface area contributed by atoms with Crippen LogP contribution in [0, 0.1) is 5.41 Å². The summed E-state index contributed by atoms with van der Waals surface area (Å²) in [6.45, 7) is 0. The Morgan fingerprint density at radius 1 is 1.17 bits per heavy atom. The minimum atomic E-state index is -3.27. The molecule has 0 bridgehead atoms. The number of rotatable bonds is 1. The summed E-state index contributed by atoms with van der Waals surface area (Å²) in [6, 6.07) is 0. The standard InChI is InChI=1S/C8H15NO2S/c9-12(10,11)7-3-1-2-4-8(7)5-6-8/h7H,1-6H2,(H2,9,10,11). The maximum absolute atomic E-state index is 11.2. The van der Waals surface area contributed by atoms with E-state index in [9.17, 15) is 8.42 Å². The molecule has 1 atom stereocenters. The molecule has 2 rings (SSSR count). The number of nitrogens with two attached hydrogens (primary N) is 1. The Kier molecular flexibility index (Phi) is 1.74. The molecule has 3 nitrogen and oxygen atoms in total. The number of primary sulfonamides is 1. The molecule has 4 heteroatoms. The van der Waals surface area contributed by atoms with E-state index in [1.165, 1.54) is 6.42 Å². The third-order valence-corrected chi connectivity index (χ3v) is 4.89. The second-order valence-electron chi connectivity index (χ2n) is 4.19. The number of hydrogen-bond donors (Lipinski definition) is 1. The Bertz CT molecular complexity index is 279. The largest absolute Gasteiger partial charge is 0.228 e. The monoisotopic (exact) mass is 189 g/mol. The van der Waals surface area contributed by atoms with Crippen LogP contribution >= 0.6 is 0 Å². The highest BCUT2D eigenvalue weighted by Crippen LogP contribution is 2.57. The molecule has 2 saturated carbocycles. The summed E-state index contributed by atoms with van der Waals surface area (Å²) in [7, 11) is -3.27. The van der Waals surface area contributed by atoms with E-state index >= 15 is 0 Å². The van der Waals surface area contributed by atoms with E-state index in [4.69, 9.17) is 5.14 Å². The van der Waals surface area contributed by atoms with Crippen molar-refractivity contribution in [1.82, 2.24) is 0 Å². The average Bonchev–Trinajstić information content (AvgIpc) is 2.68. The van der Waals surface area contributed by atoms with Gasteiger partial charge in [0, 0.05) is 0 Å². The van der Waals surface area contributed by atoms with Crippen molar-refractivity contribution in [2.75, 3.05) is 0 Å². The quantitative estimate of drug-likeness (QED) is 0.669. The van der Waals surface area contributed by atoms with Crippen LogP contribution in [0.1, 0.15) is 38.5 Å². The van der Waals surface area contributed by atoms with E-state index in [1.807, 2.05) is 0 Å². The average molecular weight is 189 g/mol. The smallest absolute Gasteiger partial charge is 0.212 e. The van der Waals surface area contributed by atoms with E-state index in [2.05, 4.69) is 0 Å². The molecule has 2 aliphatic carbocycles. The predicted octanol–water partition coefficient (Wildman–Crippen LogP) is 0.998. The zero-order chi connectivity index (χ0) is 8.82. The first-order valence-corrected chi connectivity index (χ1v) is 6.17. The molecular formula is C8H15NO2S. The molecule has 1 spiro atoms. The molecular weight excluding hydrogens is 174 g/mol. The second kappa shape index (κ2) is 2.45. The van der Waals surface area contributed by atoms with E-state index in [1.54, 1.807) is 0 Å². The lowest BCUT2D eigenvalue weighted by atomic mass is 9.86. The van der Waals surface area contributed by atoms with Crippen LogP contribution in [0.3, 0.4) is 0 Å². The van der Waals surface area contributed by atoms with E-state index in [0.717, 1.165) is 32.1 Å². The van der Waals surface area contributed by atoms with Crippen LogP contribution in [-0.4, -0.2) is 13.7 Å². The van der Waals surface area contributed by atoms with Crippen molar-refractivity contribution in [3.63, 3.8) is 0 Å². The predicted molar refractivity (Wildman–Crippen MR) is 47.0 cm³/mol. The van der Waals surface area contributed by atoms with Crippen molar-refractivity contribution in [3.8, 4) is 0 Å². The van der Waals surface area contributed by atoms with E-state index < -0.39 is 10.0 Å². The van der Waals surface area contributed by atoms with Gasteiger partial charge in [0.25, 0.3) is 0 Å². The van der Waals surface area contributed by atoms with Crippen molar-refractivity contribution in [3.05, 3.63) is 0 Å². The summed E-state index contributed by atoms with van der Waals surface area (Å²) in [6.07, 6.45) is 6.24. The first-order valence-electron chi connectivity index (χ1n) is 4.56. The highest BCUT2D eigenvalue weighted by atomic mass is 32.2. The molecule has 0 saturated heterocycles. The fourth-order valence-corrected chi connectivity index (χ4v) is 4.06. The van der Waals surface area contributed by atoms with Gasteiger partial charge in [-0.2, -0.15) is 0 Å².